The lowest BCUT2D eigenvalue weighted by Crippen LogP contribution is -2.38. The van der Waals surface area contributed by atoms with Gasteiger partial charge in [0.15, 0.2) is 0 Å². The zero-order chi connectivity index (χ0) is 15.8. The van der Waals surface area contributed by atoms with Gasteiger partial charge >= 0.3 is 5.97 Å². The highest BCUT2D eigenvalue weighted by Gasteiger charge is 2.12. The summed E-state index contributed by atoms with van der Waals surface area (Å²) in [5.41, 5.74) is 1.85. The zero-order valence-corrected chi connectivity index (χ0v) is 13.0. The van der Waals surface area contributed by atoms with Crippen molar-refractivity contribution in [2.45, 2.75) is 26.8 Å². The van der Waals surface area contributed by atoms with Crippen LogP contribution in [0.1, 0.15) is 25.0 Å². The fourth-order valence-electron chi connectivity index (χ4n) is 2.21. The van der Waals surface area contributed by atoms with Crippen molar-refractivity contribution in [2.24, 2.45) is 0 Å². The lowest BCUT2D eigenvalue weighted by atomic mass is 10.1. The third-order valence-electron chi connectivity index (χ3n) is 3.35. The molecule has 116 valence electrons. The molecule has 0 radical (unpaired) electrons. The molecule has 0 aliphatic rings. The van der Waals surface area contributed by atoms with Crippen LogP contribution in [0.2, 0.25) is 0 Å². The van der Waals surface area contributed by atoms with Gasteiger partial charge in [0.2, 0.25) is 5.91 Å². The van der Waals surface area contributed by atoms with E-state index in [4.69, 9.17) is 5.11 Å². The van der Waals surface area contributed by atoms with Gasteiger partial charge in [0, 0.05) is 19.6 Å². The van der Waals surface area contributed by atoms with Crippen LogP contribution in [0.5, 0.6) is 0 Å². The second kappa shape index (κ2) is 8.42. The van der Waals surface area contributed by atoms with Gasteiger partial charge < -0.3 is 10.0 Å². The highest BCUT2D eigenvalue weighted by Crippen LogP contribution is 2.08. The van der Waals surface area contributed by atoms with Gasteiger partial charge in [-0.15, -0.1) is 0 Å². The average Bonchev–Trinajstić information content (AvgIpc) is 2.41. The van der Waals surface area contributed by atoms with E-state index < -0.39 is 5.97 Å². The van der Waals surface area contributed by atoms with Gasteiger partial charge in [0.1, 0.15) is 0 Å². The number of aliphatic carboxylic acids is 1. The van der Waals surface area contributed by atoms with E-state index in [-0.39, 0.29) is 12.3 Å². The van der Waals surface area contributed by atoms with E-state index >= 15 is 0 Å². The Bertz CT molecular complexity index is 467. The van der Waals surface area contributed by atoms with Gasteiger partial charge in [0.25, 0.3) is 0 Å². The normalized spacial score (nSPS) is 10.7. The minimum absolute atomic E-state index is 0.0383. The monoisotopic (exact) mass is 292 g/mol. The number of carboxylic acid groups (broad SMARTS) is 1. The van der Waals surface area contributed by atoms with Gasteiger partial charge in [0.05, 0.1) is 13.0 Å². The van der Waals surface area contributed by atoms with Crippen LogP contribution in [0, 0.1) is 0 Å². The second-order valence-electron chi connectivity index (χ2n) is 5.13. The Morgan fingerprint density at radius 3 is 2.05 bits per heavy atom. The molecule has 0 unspecified atom stereocenters. The topological polar surface area (TPSA) is 60.9 Å². The largest absolute Gasteiger partial charge is 0.481 e. The molecule has 1 amide bonds. The molecule has 0 heterocycles. The maximum absolute atomic E-state index is 12.0. The van der Waals surface area contributed by atoms with Crippen LogP contribution in [-0.4, -0.2) is 53.5 Å². The van der Waals surface area contributed by atoms with Crippen LogP contribution < -0.4 is 0 Å². The first kappa shape index (κ1) is 17.2. The summed E-state index contributed by atoms with van der Waals surface area (Å²) in [6.07, 6.45) is 0.0383. The van der Waals surface area contributed by atoms with E-state index in [0.717, 1.165) is 24.2 Å². The molecule has 0 spiro atoms. The summed E-state index contributed by atoms with van der Waals surface area (Å²) in [7, 11) is 1.91. The van der Waals surface area contributed by atoms with Crippen LogP contribution in [0.15, 0.2) is 24.3 Å². The smallest absolute Gasteiger partial charge is 0.307 e. The fourth-order valence-corrected chi connectivity index (χ4v) is 2.21. The Balaban J connectivity index is 2.52. The summed E-state index contributed by atoms with van der Waals surface area (Å²) >= 11 is 0. The molecule has 0 atom stereocenters. The molecule has 1 aromatic carbocycles. The molecular formula is C16H24N2O3. The van der Waals surface area contributed by atoms with Crippen LogP contribution >= 0.6 is 0 Å². The SMILES string of the molecule is CCN(CC)C(=O)CN(C)Cc1ccc(CC(=O)O)cc1. The Hall–Kier alpha value is -1.88. The van der Waals surface area contributed by atoms with Crippen molar-refractivity contribution in [1.82, 2.24) is 9.80 Å². The van der Waals surface area contributed by atoms with Crippen molar-refractivity contribution >= 4 is 11.9 Å². The van der Waals surface area contributed by atoms with Gasteiger partial charge in [-0.25, -0.2) is 0 Å². The Morgan fingerprint density at radius 1 is 1.05 bits per heavy atom. The van der Waals surface area contributed by atoms with Crippen molar-refractivity contribution in [3.05, 3.63) is 35.4 Å². The third-order valence-corrected chi connectivity index (χ3v) is 3.35. The van der Waals surface area contributed by atoms with Crippen molar-refractivity contribution in [1.29, 1.82) is 0 Å². The number of rotatable bonds is 8. The molecular weight excluding hydrogens is 268 g/mol. The summed E-state index contributed by atoms with van der Waals surface area (Å²) in [5.74, 6) is -0.699. The first-order valence-electron chi connectivity index (χ1n) is 7.22. The molecule has 5 heteroatoms. The van der Waals surface area contributed by atoms with E-state index in [1.807, 2.05) is 55.0 Å². The molecule has 1 rings (SSSR count). The van der Waals surface area contributed by atoms with E-state index in [9.17, 15) is 9.59 Å². The maximum Gasteiger partial charge on any atom is 0.307 e. The van der Waals surface area contributed by atoms with Gasteiger partial charge in [-0.05, 0) is 32.0 Å². The average molecular weight is 292 g/mol. The highest BCUT2D eigenvalue weighted by molar-refractivity contribution is 5.78. The Morgan fingerprint density at radius 2 is 1.57 bits per heavy atom. The minimum Gasteiger partial charge on any atom is -0.481 e. The summed E-state index contributed by atoms with van der Waals surface area (Å²) in [5, 5.41) is 8.73. The number of hydrogen-bond donors (Lipinski definition) is 1. The maximum atomic E-state index is 12.0. The standard InChI is InChI=1S/C16H24N2O3/c1-4-18(5-2)15(19)12-17(3)11-14-8-6-13(7-9-14)10-16(20)21/h6-9H,4-5,10-12H2,1-3H3,(H,20,21). The van der Waals surface area contributed by atoms with Crippen LogP contribution in [-0.2, 0) is 22.6 Å². The first-order chi connectivity index (χ1) is 9.96. The molecule has 5 nitrogen and oxygen atoms in total. The molecule has 0 aromatic heterocycles. The van der Waals surface area contributed by atoms with Crippen LogP contribution in [0.3, 0.4) is 0 Å². The molecule has 0 aliphatic heterocycles. The number of likely N-dealkylation sites (N-methyl/N-ethyl adjacent to an activating group) is 2. The number of nitrogens with zero attached hydrogens (tertiary/aromatic N) is 2. The summed E-state index contributed by atoms with van der Waals surface area (Å²) < 4.78 is 0. The van der Waals surface area contributed by atoms with Crippen LogP contribution in [0.25, 0.3) is 0 Å². The van der Waals surface area contributed by atoms with Crippen molar-refractivity contribution < 1.29 is 14.7 Å². The van der Waals surface area contributed by atoms with Crippen molar-refractivity contribution in [3.63, 3.8) is 0 Å². The lowest BCUT2D eigenvalue weighted by Gasteiger charge is -2.23. The van der Waals surface area contributed by atoms with E-state index in [1.54, 1.807) is 0 Å². The van der Waals surface area contributed by atoms with Crippen molar-refractivity contribution in [3.8, 4) is 0 Å². The van der Waals surface area contributed by atoms with Crippen LogP contribution in [0.4, 0.5) is 0 Å². The number of carbonyl (C=O) groups is 2. The molecule has 1 N–H and O–H groups in total. The number of benzene rings is 1. The van der Waals surface area contributed by atoms with Crippen molar-refractivity contribution in [2.75, 3.05) is 26.7 Å². The summed E-state index contributed by atoms with van der Waals surface area (Å²) in [6.45, 7) is 6.46. The summed E-state index contributed by atoms with van der Waals surface area (Å²) in [6, 6.07) is 7.47. The first-order valence-corrected chi connectivity index (χ1v) is 7.22. The fraction of sp³-hybridized carbons (Fsp3) is 0.500. The Labute approximate surface area is 126 Å². The number of carbonyl (C=O) groups excluding carboxylic acids is 1. The van der Waals surface area contributed by atoms with E-state index in [0.29, 0.717) is 13.1 Å². The number of carboxylic acids is 1. The van der Waals surface area contributed by atoms with Gasteiger partial charge in [-0.1, -0.05) is 24.3 Å². The Kier molecular flexibility index (Phi) is 6.88. The number of hydrogen-bond acceptors (Lipinski definition) is 3. The zero-order valence-electron chi connectivity index (χ0n) is 13.0. The van der Waals surface area contributed by atoms with Gasteiger partial charge in [-0.2, -0.15) is 0 Å². The minimum atomic E-state index is -0.829. The van der Waals surface area contributed by atoms with E-state index in [2.05, 4.69) is 0 Å². The highest BCUT2D eigenvalue weighted by atomic mass is 16.4. The predicted molar refractivity (Wildman–Crippen MR) is 82.0 cm³/mol. The molecule has 1 aromatic rings. The second-order valence-corrected chi connectivity index (χ2v) is 5.13. The lowest BCUT2D eigenvalue weighted by molar-refractivity contribution is -0.136. The summed E-state index contributed by atoms with van der Waals surface area (Å²) in [4.78, 5) is 26.4. The molecule has 0 bridgehead atoms. The molecule has 0 fully saturated rings. The quantitative estimate of drug-likeness (QED) is 0.791. The van der Waals surface area contributed by atoms with E-state index in [1.165, 1.54) is 0 Å². The predicted octanol–water partition coefficient (Wildman–Crippen LogP) is 1.61. The molecule has 0 aliphatic carbocycles. The third kappa shape index (κ3) is 5.95. The molecule has 21 heavy (non-hydrogen) atoms. The molecule has 0 saturated heterocycles. The molecule has 0 saturated carbocycles. The van der Waals surface area contributed by atoms with Gasteiger partial charge in [-0.3, -0.25) is 14.5 Å². The number of amides is 1.